The number of halogens is 2. The van der Waals surface area contributed by atoms with Gasteiger partial charge in [-0.25, -0.2) is 17.8 Å². The summed E-state index contributed by atoms with van der Waals surface area (Å²) in [4.78, 5) is 12.1. The lowest BCUT2D eigenvalue weighted by atomic mass is 10.1. The Morgan fingerprint density at radius 3 is 2.42 bits per heavy atom. The third-order valence-corrected chi connectivity index (χ3v) is 8.79. The van der Waals surface area contributed by atoms with Crippen molar-refractivity contribution in [1.82, 2.24) is 15.3 Å². The van der Waals surface area contributed by atoms with Crippen LogP contribution in [0, 0.1) is 5.82 Å². The van der Waals surface area contributed by atoms with Gasteiger partial charge in [-0.15, -0.1) is 23.7 Å². The summed E-state index contributed by atoms with van der Waals surface area (Å²) in [5.74, 6) is -0.729. The molecule has 0 unspecified atom stereocenters. The molecule has 200 valence electrons. The monoisotopic (exact) mass is 573 g/mol. The summed E-state index contributed by atoms with van der Waals surface area (Å²) >= 11 is 1.47. The number of hydrogen-bond donors (Lipinski definition) is 2. The smallest absolute Gasteiger partial charge is 0.232 e. The molecule has 4 aromatic rings. The fourth-order valence-corrected chi connectivity index (χ4v) is 6.57. The lowest BCUT2D eigenvalue weighted by Gasteiger charge is -2.29. The fourth-order valence-electron chi connectivity index (χ4n) is 4.34. The Morgan fingerprint density at radius 1 is 1.03 bits per heavy atom. The molecule has 2 N–H and O–H groups in total. The quantitative estimate of drug-likeness (QED) is 0.283. The summed E-state index contributed by atoms with van der Waals surface area (Å²) < 4.78 is 42.7. The molecule has 3 heterocycles. The maximum Gasteiger partial charge on any atom is 0.232 e. The Morgan fingerprint density at radius 2 is 1.74 bits per heavy atom. The molecule has 1 aliphatic rings. The number of benzene rings is 2. The molecule has 2 aromatic carbocycles. The van der Waals surface area contributed by atoms with Crippen molar-refractivity contribution in [2.75, 3.05) is 41.6 Å². The third kappa shape index (κ3) is 6.15. The van der Waals surface area contributed by atoms with Gasteiger partial charge in [0.2, 0.25) is 10.0 Å². The minimum Gasteiger partial charge on any atom is -0.369 e. The first-order valence-corrected chi connectivity index (χ1v) is 14.7. The molecule has 1 saturated heterocycles. The number of sulfonamides is 1. The summed E-state index contributed by atoms with van der Waals surface area (Å²) in [6.45, 7) is 5.62. The van der Waals surface area contributed by atoms with Crippen LogP contribution >= 0.6 is 23.7 Å². The minimum atomic E-state index is -3.64. The van der Waals surface area contributed by atoms with Gasteiger partial charge in [-0.1, -0.05) is 13.0 Å². The van der Waals surface area contributed by atoms with E-state index >= 15 is 4.39 Å². The van der Waals surface area contributed by atoms with Gasteiger partial charge in [0.25, 0.3) is 0 Å². The van der Waals surface area contributed by atoms with Crippen LogP contribution in [0.5, 0.6) is 0 Å². The van der Waals surface area contributed by atoms with E-state index in [1.54, 1.807) is 31.5 Å². The minimum absolute atomic E-state index is 0. The van der Waals surface area contributed by atoms with Crippen molar-refractivity contribution in [2.24, 2.45) is 0 Å². The average molecular weight is 574 g/mol. The van der Waals surface area contributed by atoms with Gasteiger partial charge >= 0.3 is 0 Å². The van der Waals surface area contributed by atoms with Gasteiger partial charge in [-0.05, 0) is 60.5 Å². The summed E-state index contributed by atoms with van der Waals surface area (Å²) in [7, 11) is -3.64. The number of anilines is 2. The Labute approximate surface area is 232 Å². The van der Waals surface area contributed by atoms with Gasteiger partial charge in [0, 0.05) is 55.4 Å². The predicted octanol–water partition coefficient (Wildman–Crippen LogP) is 5.66. The Kier molecular flexibility index (Phi) is 8.99. The van der Waals surface area contributed by atoms with E-state index in [2.05, 4.69) is 32.1 Å². The van der Waals surface area contributed by atoms with Gasteiger partial charge in [-0.3, -0.25) is 9.71 Å². The molecule has 1 aliphatic heterocycles. The fraction of sp³-hybridized carbons (Fsp3) is 0.259. The molecule has 7 nitrogen and oxygen atoms in total. The van der Waals surface area contributed by atoms with Crippen LogP contribution in [0.1, 0.15) is 13.3 Å². The zero-order valence-electron chi connectivity index (χ0n) is 20.9. The summed E-state index contributed by atoms with van der Waals surface area (Å²) in [5.41, 5.74) is 3.58. The number of piperazine rings is 1. The maximum absolute atomic E-state index is 15.7. The van der Waals surface area contributed by atoms with E-state index in [0.717, 1.165) is 52.9 Å². The van der Waals surface area contributed by atoms with E-state index < -0.39 is 15.8 Å². The van der Waals surface area contributed by atoms with Crippen LogP contribution in [0.15, 0.2) is 67.0 Å². The van der Waals surface area contributed by atoms with Gasteiger partial charge < -0.3 is 10.2 Å². The zero-order valence-corrected chi connectivity index (χ0v) is 23.3. The second kappa shape index (κ2) is 12.2. The molecule has 38 heavy (non-hydrogen) atoms. The molecule has 0 bridgehead atoms. The van der Waals surface area contributed by atoms with Crippen LogP contribution in [0.3, 0.4) is 0 Å². The average Bonchev–Trinajstić information content (AvgIpc) is 3.36. The Balaban J connectivity index is 0.00000336. The van der Waals surface area contributed by atoms with Gasteiger partial charge in [0.15, 0.2) is 5.82 Å². The summed E-state index contributed by atoms with van der Waals surface area (Å²) in [5, 5.41) is 4.12. The maximum atomic E-state index is 15.7. The molecule has 0 saturated carbocycles. The molecule has 0 atom stereocenters. The number of hydrogen-bond acceptors (Lipinski definition) is 7. The second-order valence-corrected chi connectivity index (χ2v) is 11.6. The van der Waals surface area contributed by atoms with E-state index in [1.807, 2.05) is 24.3 Å². The van der Waals surface area contributed by atoms with Crippen molar-refractivity contribution in [3.63, 3.8) is 0 Å². The van der Waals surface area contributed by atoms with E-state index in [0.29, 0.717) is 12.1 Å². The van der Waals surface area contributed by atoms with Crippen molar-refractivity contribution >= 4 is 45.1 Å². The number of thiazole rings is 1. The van der Waals surface area contributed by atoms with Crippen LogP contribution in [-0.2, 0) is 10.0 Å². The Bertz CT molecular complexity index is 1480. The van der Waals surface area contributed by atoms with E-state index in [1.165, 1.54) is 17.4 Å². The lowest BCUT2D eigenvalue weighted by Crippen LogP contribution is -2.43. The van der Waals surface area contributed by atoms with Crippen molar-refractivity contribution < 1.29 is 12.8 Å². The molecular weight excluding hydrogens is 545 g/mol. The molecule has 5 rings (SSSR count). The topological polar surface area (TPSA) is 87.2 Å². The number of nitrogens with one attached hydrogen (secondary N) is 2. The van der Waals surface area contributed by atoms with Crippen molar-refractivity contribution in [1.29, 1.82) is 0 Å². The normalized spacial score (nSPS) is 13.7. The van der Waals surface area contributed by atoms with Crippen LogP contribution < -0.4 is 14.9 Å². The summed E-state index contributed by atoms with van der Waals surface area (Å²) in [6.07, 6.45) is 3.81. The highest BCUT2D eigenvalue weighted by molar-refractivity contribution is 7.92. The summed E-state index contributed by atoms with van der Waals surface area (Å²) in [6, 6.07) is 16.7. The number of nitrogens with zero attached hydrogens (tertiary/aromatic N) is 3. The highest BCUT2D eigenvalue weighted by atomic mass is 35.5. The SMILES string of the molecule is CCCS(=O)(=O)Nc1cccc(-c2nc(-c3ccc(N4CCNCC4)cc3)sc2-c2ccncc2)c1F.Cl. The van der Waals surface area contributed by atoms with Crippen molar-refractivity contribution in [3.8, 4) is 32.3 Å². The molecule has 2 aromatic heterocycles. The third-order valence-electron chi connectivity index (χ3n) is 6.16. The first-order chi connectivity index (χ1) is 17.9. The first-order valence-electron chi connectivity index (χ1n) is 12.2. The number of rotatable bonds is 8. The molecule has 1 fully saturated rings. The zero-order chi connectivity index (χ0) is 25.8. The van der Waals surface area contributed by atoms with E-state index in [9.17, 15) is 8.42 Å². The van der Waals surface area contributed by atoms with Gasteiger partial charge in [-0.2, -0.15) is 0 Å². The number of aromatic nitrogens is 2. The lowest BCUT2D eigenvalue weighted by molar-refractivity contribution is 0.589. The van der Waals surface area contributed by atoms with Crippen molar-refractivity contribution in [2.45, 2.75) is 13.3 Å². The second-order valence-electron chi connectivity index (χ2n) is 8.80. The van der Waals surface area contributed by atoms with Crippen LogP contribution in [-0.4, -0.2) is 50.3 Å². The molecule has 0 amide bonds. The van der Waals surface area contributed by atoms with Crippen LogP contribution in [0.2, 0.25) is 0 Å². The molecule has 0 spiro atoms. The largest absolute Gasteiger partial charge is 0.369 e. The van der Waals surface area contributed by atoms with E-state index in [4.69, 9.17) is 4.98 Å². The van der Waals surface area contributed by atoms with Crippen molar-refractivity contribution in [3.05, 3.63) is 72.8 Å². The predicted molar refractivity (Wildman–Crippen MR) is 156 cm³/mol. The Hall–Kier alpha value is -3.05. The highest BCUT2D eigenvalue weighted by Gasteiger charge is 2.22. The molecular formula is C27H29ClFN5O2S2. The molecule has 0 radical (unpaired) electrons. The van der Waals surface area contributed by atoms with Gasteiger partial charge in [0.1, 0.15) is 5.01 Å². The highest BCUT2D eigenvalue weighted by Crippen LogP contribution is 2.42. The number of pyridine rings is 1. The van der Waals surface area contributed by atoms with E-state index in [-0.39, 0.29) is 29.4 Å². The van der Waals surface area contributed by atoms with Crippen LogP contribution in [0.25, 0.3) is 32.3 Å². The van der Waals surface area contributed by atoms with Gasteiger partial charge in [0.05, 0.1) is 22.0 Å². The first kappa shape index (κ1) is 28.0. The molecule has 0 aliphatic carbocycles. The van der Waals surface area contributed by atoms with Crippen LogP contribution in [0.4, 0.5) is 15.8 Å². The standard InChI is InChI=1S/C27H28FN5O2S2.ClH/c1-2-18-37(34,35)32-23-5-3-4-22(24(23)28)25-26(19-10-12-29-13-11-19)36-27(31-25)20-6-8-21(9-7-20)33-16-14-30-15-17-33;/h3-13,30,32H,2,14-18H2,1H3;1H. The molecule has 11 heteroatoms.